The van der Waals surface area contributed by atoms with Crippen molar-refractivity contribution in [1.82, 2.24) is 9.78 Å². The summed E-state index contributed by atoms with van der Waals surface area (Å²) in [7, 11) is 1.59. The van der Waals surface area contributed by atoms with E-state index in [2.05, 4.69) is 10.4 Å². The third kappa shape index (κ3) is 3.70. The van der Waals surface area contributed by atoms with Crippen molar-refractivity contribution < 1.29 is 4.74 Å². The molecule has 1 aliphatic rings. The summed E-state index contributed by atoms with van der Waals surface area (Å²) in [6.07, 6.45) is 7.64. The molecule has 19 heavy (non-hydrogen) atoms. The van der Waals surface area contributed by atoms with Crippen molar-refractivity contribution in [3.8, 4) is 0 Å². The van der Waals surface area contributed by atoms with Crippen LogP contribution in [-0.4, -0.2) is 29.5 Å². The fourth-order valence-corrected chi connectivity index (χ4v) is 2.57. The minimum atomic E-state index is -0.264. The summed E-state index contributed by atoms with van der Waals surface area (Å²) in [5, 5.41) is 7.67. The van der Waals surface area contributed by atoms with Gasteiger partial charge in [0.15, 0.2) is 0 Å². The Morgan fingerprint density at radius 3 is 2.89 bits per heavy atom. The van der Waals surface area contributed by atoms with Gasteiger partial charge >= 0.3 is 0 Å². The predicted molar refractivity (Wildman–Crippen MR) is 75.9 cm³/mol. The van der Waals surface area contributed by atoms with Gasteiger partial charge in [0, 0.05) is 13.2 Å². The van der Waals surface area contributed by atoms with Crippen molar-refractivity contribution in [3.05, 3.63) is 21.6 Å². The van der Waals surface area contributed by atoms with Crippen LogP contribution in [0, 0.1) is 0 Å². The molecule has 1 aliphatic carbocycles. The molecule has 1 saturated carbocycles. The summed E-state index contributed by atoms with van der Waals surface area (Å²) in [5.74, 6) is 0. The third-order valence-electron chi connectivity index (χ3n) is 3.46. The molecule has 0 radical (unpaired) electrons. The lowest BCUT2D eigenvalue weighted by molar-refractivity contribution is 0.182. The zero-order valence-corrected chi connectivity index (χ0v) is 11.9. The van der Waals surface area contributed by atoms with Crippen molar-refractivity contribution in [3.63, 3.8) is 0 Å². The van der Waals surface area contributed by atoms with Gasteiger partial charge in [-0.3, -0.25) is 4.79 Å². The van der Waals surface area contributed by atoms with E-state index in [0.717, 1.165) is 12.8 Å². The van der Waals surface area contributed by atoms with Crippen LogP contribution in [0.25, 0.3) is 0 Å². The van der Waals surface area contributed by atoms with E-state index in [4.69, 9.17) is 16.3 Å². The van der Waals surface area contributed by atoms with Crippen molar-refractivity contribution >= 4 is 17.3 Å². The summed E-state index contributed by atoms with van der Waals surface area (Å²) in [6.45, 7) is 0.859. The van der Waals surface area contributed by atoms with E-state index in [0.29, 0.717) is 24.9 Å². The molecule has 1 aromatic rings. The molecule has 0 spiro atoms. The maximum atomic E-state index is 12.0. The summed E-state index contributed by atoms with van der Waals surface area (Å²) in [5.41, 5.74) is 0.381. The predicted octanol–water partition coefficient (Wildman–Crippen LogP) is 2.29. The highest BCUT2D eigenvalue weighted by atomic mass is 35.5. The first kappa shape index (κ1) is 14.3. The first-order valence-electron chi connectivity index (χ1n) is 6.73. The Hall–Kier alpha value is -1.07. The second-order valence-corrected chi connectivity index (χ2v) is 5.25. The maximum Gasteiger partial charge on any atom is 0.287 e. The van der Waals surface area contributed by atoms with Gasteiger partial charge in [-0.25, -0.2) is 4.68 Å². The van der Waals surface area contributed by atoms with Crippen LogP contribution in [0.2, 0.25) is 5.02 Å². The van der Waals surface area contributed by atoms with Crippen LogP contribution in [0.4, 0.5) is 5.69 Å². The van der Waals surface area contributed by atoms with Crippen LogP contribution in [0.3, 0.4) is 0 Å². The number of ether oxygens (including phenoxy) is 1. The molecule has 0 unspecified atom stereocenters. The second kappa shape index (κ2) is 6.91. The van der Waals surface area contributed by atoms with Gasteiger partial charge in [-0.1, -0.05) is 30.9 Å². The number of hydrogen-bond acceptors (Lipinski definition) is 4. The fraction of sp³-hybridized carbons (Fsp3) is 0.692. The molecule has 0 bridgehead atoms. The van der Waals surface area contributed by atoms with E-state index < -0.39 is 0 Å². The highest BCUT2D eigenvalue weighted by Gasteiger charge is 2.16. The number of halogens is 1. The minimum Gasteiger partial charge on any atom is -0.383 e. The average Bonchev–Trinajstić information content (AvgIpc) is 2.44. The Bertz CT molecular complexity index is 469. The smallest absolute Gasteiger partial charge is 0.287 e. The molecule has 0 amide bonds. The number of hydrogen-bond donors (Lipinski definition) is 1. The van der Waals surface area contributed by atoms with Gasteiger partial charge in [0.1, 0.15) is 5.02 Å². The van der Waals surface area contributed by atoms with Crippen molar-refractivity contribution in [1.29, 1.82) is 0 Å². The number of aromatic nitrogens is 2. The zero-order chi connectivity index (χ0) is 13.7. The van der Waals surface area contributed by atoms with Crippen LogP contribution >= 0.6 is 11.6 Å². The number of anilines is 1. The molecule has 1 aromatic heterocycles. The molecule has 0 saturated heterocycles. The van der Waals surface area contributed by atoms with Crippen LogP contribution in [0.15, 0.2) is 11.0 Å². The number of methoxy groups -OCH3 is 1. The Balaban J connectivity index is 2.09. The Kier molecular flexibility index (Phi) is 5.22. The molecule has 1 heterocycles. The first-order valence-corrected chi connectivity index (χ1v) is 7.11. The van der Waals surface area contributed by atoms with Gasteiger partial charge in [0.25, 0.3) is 5.56 Å². The summed E-state index contributed by atoms with van der Waals surface area (Å²) in [4.78, 5) is 12.0. The molecule has 0 atom stereocenters. The van der Waals surface area contributed by atoms with E-state index >= 15 is 0 Å². The van der Waals surface area contributed by atoms with Crippen LogP contribution in [-0.2, 0) is 11.3 Å². The fourth-order valence-electron chi connectivity index (χ4n) is 2.37. The molecular weight excluding hydrogens is 266 g/mol. The molecule has 1 N–H and O–H groups in total. The van der Waals surface area contributed by atoms with E-state index in [-0.39, 0.29) is 10.6 Å². The Labute approximate surface area is 117 Å². The van der Waals surface area contributed by atoms with E-state index in [9.17, 15) is 4.79 Å². The van der Waals surface area contributed by atoms with Gasteiger partial charge in [-0.05, 0) is 12.8 Å². The maximum absolute atomic E-state index is 12.0. The molecule has 0 aromatic carbocycles. The molecule has 5 nitrogen and oxygen atoms in total. The largest absolute Gasteiger partial charge is 0.383 e. The zero-order valence-electron chi connectivity index (χ0n) is 11.2. The van der Waals surface area contributed by atoms with E-state index in [1.165, 1.54) is 23.9 Å². The van der Waals surface area contributed by atoms with Gasteiger partial charge in [0.2, 0.25) is 0 Å². The molecule has 106 valence electrons. The number of nitrogens with zero attached hydrogens (tertiary/aromatic N) is 2. The SMILES string of the molecule is COCCn1ncc(NC2CCCCC2)c(Cl)c1=O. The summed E-state index contributed by atoms with van der Waals surface area (Å²) in [6, 6.07) is 0.405. The van der Waals surface area contributed by atoms with Crippen molar-refractivity contribution in [2.45, 2.75) is 44.7 Å². The minimum absolute atomic E-state index is 0.219. The standard InChI is InChI=1S/C13H20ClN3O2/c1-19-8-7-17-13(18)12(14)11(9-15-17)16-10-5-3-2-4-6-10/h9-10,16H,2-8H2,1H3. The van der Waals surface area contributed by atoms with Crippen molar-refractivity contribution in [2.75, 3.05) is 19.0 Å². The summed E-state index contributed by atoms with van der Waals surface area (Å²) >= 11 is 6.12. The van der Waals surface area contributed by atoms with E-state index in [1.807, 2.05) is 0 Å². The monoisotopic (exact) mass is 285 g/mol. The second-order valence-electron chi connectivity index (χ2n) is 4.87. The third-order valence-corrected chi connectivity index (χ3v) is 3.82. The highest BCUT2D eigenvalue weighted by molar-refractivity contribution is 6.32. The Morgan fingerprint density at radius 2 is 2.21 bits per heavy atom. The first-order chi connectivity index (χ1) is 9.22. The molecular formula is C13H20ClN3O2. The topological polar surface area (TPSA) is 56.1 Å². The number of rotatable bonds is 5. The van der Waals surface area contributed by atoms with Gasteiger partial charge < -0.3 is 10.1 Å². The average molecular weight is 286 g/mol. The molecule has 0 aliphatic heterocycles. The van der Waals surface area contributed by atoms with Crippen LogP contribution in [0.5, 0.6) is 0 Å². The van der Waals surface area contributed by atoms with Gasteiger partial charge in [-0.2, -0.15) is 5.10 Å². The quantitative estimate of drug-likeness (QED) is 0.902. The Morgan fingerprint density at radius 1 is 1.47 bits per heavy atom. The molecule has 1 fully saturated rings. The lowest BCUT2D eigenvalue weighted by Gasteiger charge is -2.24. The lowest BCUT2D eigenvalue weighted by atomic mass is 9.95. The van der Waals surface area contributed by atoms with Crippen molar-refractivity contribution in [2.24, 2.45) is 0 Å². The molecule has 6 heteroatoms. The van der Waals surface area contributed by atoms with E-state index in [1.54, 1.807) is 13.3 Å². The normalized spacial score (nSPS) is 16.5. The van der Waals surface area contributed by atoms with Crippen LogP contribution in [0.1, 0.15) is 32.1 Å². The summed E-state index contributed by atoms with van der Waals surface area (Å²) < 4.78 is 6.27. The van der Waals surface area contributed by atoms with Crippen LogP contribution < -0.4 is 10.9 Å². The molecule has 2 rings (SSSR count). The van der Waals surface area contributed by atoms with Gasteiger partial charge in [0.05, 0.1) is 25.0 Å². The lowest BCUT2D eigenvalue weighted by Crippen LogP contribution is -2.28. The van der Waals surface area contributed by atoms with Gasteiger partial charge in [-0.15, -0.1) is 0 Å². The highest BCUT2D eigenvalue weighted by Crippen LogP contribution is 2.23. The number of nitrogens with one attached hydrogen (secondary N) is 1.